The predicted molar refractivity (Wildman–Crippen MR) is 93.1 cm³/mol. The van der Waals surface area contributed by atoms with Gasteiger partial charge < -0.3 is 15.4 Å². The van der Waals surface area contributed by atoms with E-state index in [1.165, 1.54) is 24.3 Å². The lowest BCUT2D eigenvalue weighted by Crippen LogP contribution is -2.45. The van der Waals surface area contributed by atoms with Crippen LogP contribution >= 0.6 is 0 Å². The minimum absolute atomic E-state index is 0.0568. The summed E-state index contributed by atoms with van der Waals surface area (Å²) < 4.78 is 5.69. The zero-order valence-electron chi connectivity index (χ0n) is 14.7. The fourth-order valence-corrected chi connectivity index (χ4v) is 3.49. The highest BCUT2D eigenvalue weighted by molar-refractivity contribution is 5.95. The van der Waals surface area contributed by atoms with Crippen molar-refractivity contribution in [1.82, 2.24) is 10.6 Å². The molecule has 0 bridgehead atoms. The number of hydrogen-bond donors (Lipinski definition) is 2. The van der Waals surface area contributed by atoms with Crippen molar-refractivity contribution in [1.29, 1.82) is 0 Å². The molecule has 8 heteroatoms. The first kappa shape index (κ1) is 17.9. The molecule has 0 radical (unpaired) electrons. The third kappa shape index (κ3) is 3.54. The molecule has 2 N–H and O–H groups in total. The molecule has 1 aromatic rings. The first-order valence-electron chi connectivity index (χ1n) is 8.60. The molecule has 0 aromatic heterocycles. The number of esters is 1. The van der Waals surface area contributed by atoms with Gasteiger partial charge >= 0.3 is 12.0 Å². The Bertz CT molecular complexity index is 772. The van der Waals surface area contributed by atoms with Gasteiger partial charge in [0.2, 0.25) is 0 Å². The molecular weight excluding hydrogens is 338 g/mol. The van der Waals surface area contributed by atoms with Crippen LogP contribution in [0.1, 0.15) is 44.7 Å². The van der Waals surface area contributed by atoms with Crippen molar-refractivity contribution in [2.75, 3.05) is 0 Å². The van der Waals surface area contributed by atoms with E-state index in [0.717, 1.165) is 19.3 Å². The maximum Gasteiger partial charge on any atom is 0.338 e. The Labute approximate surface area is 150 Å². The summed E-state index contributed by atoms with van der Waals surface area (Å²) in [6, 6.07) is 4.62. The first-order valence-corrected chi connectivity index (χ1v) is 8.60. The van der Waals surface area contributed by atoms with Crippen LogP contribution in [0.2, 0.25) is 0 Å². The number of allylic oxidation sites excluding steroid dienone is 1. The summed E-state index contributed by atoms with van der Waals surface area (Å²) in [5.41, 5.74) is 1.26. The molecule has 2 aliphatic rings. The maximum absolute atomic E-state index is 12.8. The molecule has 1 aliphatic carbocycles. The maximum atomic E-state index is 12.8. The van der Waals surface area contributed by atoms with Crippen molar-refractivity contribution in [3.05, 3.63) is 51.2 Å². The largest absolute Gasteiger partial charge is 0.459 e. The number of nitrogens with zero attached hydrogens (tertiary/aromatic N) is 1. The van der Waals surface area contributed by atoms with E-state index in [1.807, 2.05) is 0 Å². The SMILES string of the molecule is CC1=C(C(=O)O[C@H]2CCC[C@H]2C)[C@@H](c2ccc([N+](=O)[O-])cc2)NC(=O)N1. The smallest absolute Gasteiger partial charge is 0.338 e. The summed E-state index contributed by atoms with van der Waals surface area (Å²) in [6.07, 6.45) is 2.76. The van der Waals surface area contributed by atoms with Crippen LogP contribution in [0.4, 0.5) is 10.5 Å². The zero-order chi connectivity index (χ0) is 18.8. The summed E-state index contributed by atoms with van der Waals surface area (Å²) in [4.78, 5) is 35.0. The van der Waals surface area contributed by atoms with E-state index in [0.29, 0.717) is 22.8 Å². The van der Waals surface area contributed by atoms with Gasteiger partial charge in [-0.2, -0.15) is 0 Å². The van der Waals surface area contributed by atoms with Crippen molar-refractivity contribution in [3.63, 3.8) is 0 Å². The number of hydrogen-bond acceptors (Lipinski definition) is 5. The van der Waals surface area contributed by atoms with Gasteiger partial charge in [-0.25, -0.2) is 9.59 Å². The summed E-state index contributed by atoms with van der Waals surface area (Å²) >= 11 is 0. The van der Waals surface area contributed by atoms with Gasteiger partial charge in [-0.15, -0.1) is 0 Å². The molecule has 0 saturated heterocycles. The molecule has 8 nitrogen and oxygen atoms in total. The molecular formula is C18H21N3O5. The molecule has 3 atom stereocenters. The standard InChI is InChI=1S/C18H21N3O5/c1-10-4-3-5-14(10)26-17(22)15-11(2)19-18(23)20-16(15)12-6-8-13(9-7-12)21(24)25/h6-10,14,16H,3-5H2,1-2H3,(H2,19,20,23)/t10-,14+,16-/m1/s1. The second-order valence-corrected chi connectivity index (χ2v) is 6.77. The third-order valence-corrected chi connectivity index (χ3v) is 4.97. The van der Waals surface area contributed by atoms with Gasteiger partial charge in [-0.1, -0.05) is 6.92 Å². The number of nitro groups is 1. The van der Waals surface area contributed by atoms with Crippen LogP contribution < -0.4 is 10.6 Å². The van der Waals surface area contributed by atoms with Crippen LogP contribution in [0.15, 0.2) is 35.5 Å². The van der Waals surface area contributed by atoms with E-state index in [4.69, 9.17) is 4.74 Å². The van der Waals surface area contributed by atoms with Gasteiger partial charge in [-0.3, -0.25) is 10.1 Å². The van der Waals surface area contributed by atoms with E-state index < -0.39 is 23.0 Å². The lowest BCUT2D eigenvalue weighted by Gasteiger charge is -2.29. The lowest BCUT2D eigenvalue weighted by atomic mass is 9.95. The summed E-state index contributed by atoms with van der Waals surface area (Å²) in [5.74, 6) is -0.166. The van der Waals surface area contributed by atoms with Crippen LogP contribution in [0, 0.1) is 16.0 Å². The van der Waals surface area contributed by atoms with Gasteiger partial charge in [0.05, 0.1) is 16.5 Å². The Morgan fingerprint density at radius 3 is 2.54 bits per heavy atom. The normalized spacial score (nSPS) is 25.5. The first-order chi connectivity index (χ1) is 12.4. The number of nitrogens with one attached hydrogen (secondary N) is 2. The second kappa shape index (κ2) is 7.15. The molecule has 0 unspecified atom stereocenters. The van der Waals surface area contributed by atoms with E-state index in [-0.39, 0.29) is 11.8 Å². The zero-order valence-corrected chi connectivity index (χ0v) is 14.7. The average Bonchev–Trinajstić information content (AvgIpc) is 2.99. The van der Waals surface area contributed by atoms with E-state index in [1.54, 1.807) is 6.92 Å². The number of amides is 2. The van der Waals surface area contributed by atoms with Crippen LogP contribution in [0.25, 0.3) is 0 Å². The molecule has 1 saturated carbocycles. The van der Waals surface area contributed by atoms with Crippen LogP contribution in [-0.4, -0.2) is 23.0 Å². The number of carbonyl (C=O) groups is 2. The van der Waals surface area contributed by atoms with Crippen molar-refractivity contribution >= 4 is 17.7 Å². The number of carbonyl (C=O) groups excluding carboxylic acids is 2. The summed E-state index contributed by atoms with van der Waals surface area (Å²) in [6.45, 7) is 3.70. The Morgan fingerprint density at radius 2 is 1.96 bits per heavy atom. The van der Waals surface area contributed by atoms with Crippen molar-refractivity contribution in [3.8, 4) is 0 Å². The second-order valence-electron chi connectivity index (χ2n) is 6.77. The minimum Gasteiger partial charge on any atom is -0.459 e. The van der Waals surface area contributed by atoms with E-state index in [9.17, 15) is 19.7 Å². The predicted octanol–water partition coefficient (Wildman–Crippen LogP) is 2.95. The van der Waals surface area contributed by atoms with Gasteiger partial charge in [0.25, 0.3) is 5.69 Å². The Balaban J connectivity index is 1.88. The minimum atomic E-state index is -0.714. The van der Waals surface area contributed by atoms with Gasteiger partial charge in [0.1, 0.15) is 6.10 Å². The topological polar surface area (TPSA) is 111 Å². The molecule has 3 rings (SSSR count). The number of ether oxygens (including phenoxy) is 1. The molecule has 138 valence electrons. The fraction of sp³-hybridized carbons (Fsp3) is 0.444. The van der Waals surface area contributed by atoms with Gasteiger partial charge in [0.15, 0.2) is 0 Å². The molecule has 2 amide bonds. The molecule has 1 aliphatic heterocycles. The fourth-order valence-electron chi connectivity index (χ4n) is 3.49. The summed E-state index contributed by atoms with van der Waals surface area (Å²) in [7, 11) is 0. The molecule has 1 heterocycles. The number of non-ortho nitro benzene ring substituents is 1. The number of rotatable bonds is 4. The van der Waals surface area contributed by atoms with Crippen molar-refractivity contribution in [2.24, 2.45) is 5.92 Å². The van der Waals surface area contributed by atoms with Crippen LogP contribution in [0.5, 0.6) is 0 Å². The van der Waals surface area contributed by atoms with Crippen LogP contribution in [0.3, 0.4) is 0 Å². The molecule has 0 spiro atoms. The Morgan fingerprint density at radius 1 is 1.27 bits per heavy atom. The van der Waals surface area contributed by atoms with E-state index >= 15 is 0 Å². The van der Waals surface area contributed by atoms with Crippen LogP contribution in [-0.2, 0) is 9.53 Å². The van der Waals surface area contributed by atoms with Crippen molar-refractivity contribution in [2.45, 2.75) is 45.3 Å². The highest BCUT2D eigenvalue weighted by Crippen LogP contribution is 2.32. The van der Waals surface area contributed by atoms with Crippen molar-refractivity contribution < 1.29 is 19.2 Å². The number of nitro benzene ring substituents is 1. The average molecular weight is 359 g/mol. The van der Waals surface area contributed by atoms with Gasteiger partial charge in [-0.05, 0) is 49.8 Å². The molecule has 26 heavy (non-hydrogen) atoms. The molecule has 1 aromatic carbocycles. The number of benzene rings is 1. The Hall–Kier alpha value is -2.90. The monoisotopic (exact) mass is 359 g/mol. The highest BCUT2D eigenvalue weighted by Gasteiger charge is 2.35. The highest BCUT2D eigenvalue weighted by atomic mass is 16.6. The number of urea groups is 1. The quantitative estimate of drug-likeness (QED) is 0.488. The third-order valence-electron chi connectivity index (χ3n) is 4.97. The van der Waals surface area contributed by atoms with Gasteiger partial charge in [0, 0.05) is 17.8 Å². The molecule has 1 fully saturated rings. The Kier molecular flexibility index (Phi) is 4.92. The lowest BCUT2D eigenvalue weighted by molar-refractivity contribution is -0.384. The summed E-state index contributed by atoms with van der Waals surface area (Å²) in [5, 5.41) is 16.1. The van der Waals surface area contributed by atoms with E-state index in [2.05, 4.69) is 17.6 Å².